The fourth-order valence-corrected chi connectivity index (χ4v) is 5.23. The zero-order valence-electron chi connectivity index (χ0n) is 19.3. The number of piperidine rings is 1. The number of hydrogen-bond donors (Lipinski definition) is 2. The van der Waals surface area contributed by atoms with Crippen molar-refractivity contribution in [1.82, 2.24) is 4.31 Å². The highest BCUT2D eigenvalue weighted by Crippen LogP contribution is 2.29. The Balaban J connectivity index is 2.00. The van der Waals surface area contributed by atoms with Crippen LogP contribution in [0.2, 0.25) is 0 Å². The van der Waals surface area contributed by atoms with Crippen LogP contribution in [-0.4, -0.2) is 60.5 Å². The summed E-state index contributed by atoms with van der Waals surface area (Å²) in [4.78, 5) is 15.4. The van der Waals surface area contributed by atoms with Gasteiger partial charge in [0.05, 0.1) is 22.4 Å². The van der Waals surface area contributed by atoms with Gasteiger partial charge >= 0.3 is 0 Å². The lowest BCUT2D eigenvalue weighted by Crippen LogP contribution is -2.32. The summed E-state index contributed by atoms with van der Waals surface area (Å²) < 4.78 is 52.2. The zero-order valence-corrected chi connectivity index (χ0v) is 20.9. The van der Waals surface area contributed by atoms with Crippen molar-refractivity contribution in [2.75, 3.05) is 48.4 Å². The molecular weight excluding hydrogens is 464 g/mol. The quantitative estimate of drug-likeness (QED) is 0.612. The first kappa shape index (κ1) is 25.0. The molecule has 1 amide bonds. The number of hydrogen-bond acceptors (Lipinski definition) is 6. The molecule has 0 atom stereocenters. The first-order valence-electron chi connectivity index (χ1n) is 10.6. The van der Waals surface area contributed by atoms with Crippen LogP contribution < -0.4 is 14.9 Å². The number of rotatable bonds is 7. The van der Waals surface area contributed by atoms with E-state index in [0.717, 1.165) is 42.9 Å². The van der Waals surface area contributed by atoms with Gasteiger partial charge in [0.1, 0.15) is 0 Å². The fourth-order valence-electron chi connectivity index (χ4n) is 3.69. The summed E-state index contributed by atoms with van der Waals surface area (Å²) >= 11 is 0. The van der Waals surface area contributed by atoms with Crippen molar-refractivity contribution in [2.24, 2.45) is 0 Å². The molecule has 1 fully saturated rings. The highest BCUT2D eigenvalue weighted by atomic mass is 32.2. The zero-order chi connectivity index (χ0) is 24.4. The van der Waals surface area contributed by atoms with Crippen LogP contribution in [0.1, 0.15) is 35.2 Å². The molecular formula is C22H30N4O5S2. The molecule has 1 heterocycles. The van der Waals surface area contributed by atoms with Gasteiger partial charge in [-0.2, -0.15) is 0 Å². The average molecular weight is 495 g/mol. The largest absolute Gasteiger partial charge is 0.371 e. The highest BCUT2D eigenvalue weighted by molar-refractivity contribution is 7.92. The van der Waals surface area contributed by atoms with Gasteiger partial charge in [-0.15, -0.1) is 0 Å². The second kappa shape index (κ2) is 9.70. The lowest BCUT2D eigenvalue weighted by molar-refractivity contribution is 0.102. The SMILES string of the molecule is Cc1ccc(NC(=O)c2cc(S(=O)(=O)N(C)C)ccc2N2CCCCC2)cc1NS(C)(=O)=O. The Morgan fingerprint density at radius 1 is 0.970 bits per heavy atom. The molecule has 0 saturated carbocycles. The van der Waals surface area contributed by atoms with Crippen LogP contribution in [-0.2, 0) is 20.0 Å². The molecule has 9 nitrogen and oxygen atoms in total. The number of anilines is 3. The summed E-state index contributed by atoms with van der Waals surface area (Å²) in [6.07, 6.45) is 4.17. The van der Waals surface area contributed by atoms with Gasteiger partial charge in [-0.3, -0.25) is 9.52 Å². The van der Waals surface area contributed by atoms with Gasteiger partial charge in [-0.25, -0.2) is 21.1 Å². The minimum atomic E-state index is -3.73. The molecule has 1 aliphatic heterocycles. The van der Waals surface area contributed by atoms with Crippen molar-refractivity contribution in [3.05, 3.63) is 47.5 Å². The molecule has 0 aromatic heterocycles. The van der Waals surface area contributed by atoms with Crippen LogP contribution in [0.5, 0.6) is 0 Å². The molecule has 0 unspecified atom stereocenters. The molecule has 1 aliphatic rings. The van der Waals surface area contributed by atoms with Gasteiger partial charge < -0.3 is 10.2 Å². The maximum atomic E-state index is 13.3. The maximum absolute atomic E-state index is 13.3. The van der Waals surface area contributed by atoms with Crippen molar-refractivity contribution < 1.29 is 21.6 Å². The van der Waals surface area contributed by atoms with E-state index >= 15 is 0 Å². The van der Waals surface area contributed by atoms with Crippen molar-refractivity contribution >= 4 is 43.0 Å². The van der Waals surface area contributed by atoms with Gasteiger partial charge in [-0.1, -0.05) is 6.07 Å². The molecule has 2 aromatic rings. The number of nitrogens with zero attached hydrogens (tertiary/aromatic N) is 2. The second-order valence-corrected chi connectivity index (χ2v) is 12.3. The highest BCUT2D eigenvalue weighted by Gasteiger charge is 2.24. The number of aryl methyl sites for hydroxylation is 1. The number of sulfonamides is 2. The predicted molar refractivity (Wildman–Crippen MR) is 131 cm³/mol. The molecule has 3 rings (SSSR count). The minimum absolute atomic E-state index is 0.0294. The summed E-state index contributed by atoms with van der Waals surface area (Å²) in [6, 6.07) is 9.51. The van der Waals surface area contributed by atoms with Crippen LogP contribution in [0.3, 0.4) is 0 Å². The van der Waals surface area contributed by atoms with Crippen LogP contribution in [0.4, 0.5) is 17.1 Å². The number of benzene rings is 2. The van der Waals surface area contributed by atoms with E-state index in [1.165, 1.54) is 32.3 Å². The van der Waals surface area contributed by atoms with E-state index in [1.54, 1.807) is 25.1 Å². The molecule has 2 aromatic carbocycles. The first-order valence-corrected chi connectivity index (χ1v) is 13.9. The van der Waals surface area contributed by atoms with Crippen molar-refractivity contribution in [1.29, 1.82) is 0 Å². The molecule has 33 heavy (non-hydrogen) atoms. The van der Waals surface area contributed by atoms with Crippen LogP contribution in [0.25, 0.3) is 0 Å². The Kier molecular flexibility index (Phi) is 7.35. The monoisotopic (exact) mass is 494 g/mol. The number of carbonyl (C=O) groups is 1. The van der Waals surface area contributed by atoms with Crippen LogP contribution in [0, 0.1) is 6.92 Å². The van der Waals surface area contributed by atoms with E-state index < -0.39 is 26.0 Å². The third kappa shape index (κ3) is 6.04. The van der Waals surface area contributed by atoms with Gasteiger partial charge in [0.2, 0.25) is 20.0 Å². The Hall–Kier alpha value is -2.63. The minimum Gasteiger partial charge on any atom is -0.371 e. The molecule has 0 aliphatic carbocycles. The molecule has 0 spiro atoms. The molecule has 1 saturated heterocycles. The molecule has 0 radical (unpaired) electrons. The van der Waals surface area contributed by atoms with E-state index in [1.807, 2.05) is 0 Å². The Bertz CT molecular complexity index is 1250. The van der Waals surface area contributed by atoms with Gasteiger partial charge in [-0.05, 0) is 62.1 Å². The Morgan fingerprint density at radius 2 is 1.64 bits per heavy atom. The number of nitrogens with one attached hydrogen (secondary N) is 2. The van der Waals surface area contributed by atoms with Crippen LogP contribution >= 0.6 is 0 Å². The fraction of sp³-hybridized carbons (Fsp3) is 0.409. The smallest absolute Gasteiger partial charge is 0.257 e. The van der Waals surface area contributed by atoms with E-state index in [4.69, 9.17) is 0 Å². The Morgan fingerprint density at radius 3 is 2.24 bits per heavy atom. The van der Waals surface area contributed by atoms with Crippen molar-refractivity contribution in [3.63, 3.8) is 0 Å². The van der Waals surface area contributed by atoms with E-state index in [-0.39, 0.29) is 10.5 Å². The van der Waals surface area contributed by atoms with Gasteiger partial charge in [0.25, 0.3) is 5.91 Å². The lowest BCUT2D eigenvalue weighted by atomic mass is 10.1. The molecule has 2 N–H and O–H groups in total. The first-order chi connectivity index (χ1) is 15.4. The average Bonchev–Trinajstić information content (AvgIpc) is 2.75. The summed E-state index contributed by atoms with van der Waals surface area (Å²) in [5.74, 6) is -0.472. The van der Waals surface area contributed by atoms with Crippen molar-refractivity contribution in [3.8, 4) is 0 Å². The van der Waals surface area contributed by atoms with E-state index in [2.05, 4.69) is 14.9 Å². The van der Waals surface area contributed by atoms with Crippen molar-refractivity contribution in [2.45, 2.75) is 31.1 Å². The summed E-state index contributed by atoms with van der Waals surface area (Å²) in [7, 11) is -4.34. The summed E-state index contributed by atoms with van der Waals surface area (Å²) in [5.41, 5.74) is 2.37. The van der Waals surface area contributed by atoms with Gasteiger partial charge in [0.15, 0.2) is 0 Å². The standard InChI is InChI=1S/C22H30N4O5S2/c1-16-8-9-17(14-20(16)24-32(4,28)29)23-22(27)19-15-18(33(30,31)25(2)3)10-11-21(19)26-12-6-5-7-13-26/h8-11,14-15,24H,5-7,12-13H2,1-4H3,(H,23,27). The predicted octanol–water partition coefficient (Wildman–Crippen LogP) is 2.86. The Labute approximate surface area is 195 Å². The topological polar surface area (TPSA) is 116 Å². The summed E-state index contributed by atoms with van der Waals surface area (Å²) in [5, 5.41) is 2.79. The van der Waals surface area contributed by atoms with E-state index in [9.17, 15) is 21.6 Å². The van der Waals surface area contributed by atoms with E-state index in [0.29, 0.717) is 22.6 Å². The number of amides is 1. The van der Waals surface area contributed by atoms with Gasteiger partial charge in [0, 0.05) is 38.6 Å². The maximum Gasteiger partial charge on any atom is 0.257 e. The number of carbonyl (C=O) groups excluding carboxylic acids is 1. The molecule has 11 heteroatoms. The molecule has 0 bridgehead atoms. The normalized spacial score (nSPS) is 14.9. The van der Waals surface area contributed by atoms with Crippen LogP contribution in [0.15, 0.2) is 41.3 Å². The second-order valence-electron chi connectivity index (χ2n) is 8.37. The lowest BCUT2D eigenvalue weighted by Gasteiger charge is -2.30. The molecule has 180 valence electrons. The third-order valence-electron chi connectivity index (χ3n) is 5.48. The third-order valence-corrected chi connectivity index (χ3v) is 7.88. The summed E-state index contributed by atoms with van der Waals surface area (Å²) in [6.45, 7) is 3.32.